The molecule has 4 aromatic heterocycles. The minimum Gasteiger partial charge on any atom is -0.366 e. The summed E-state index contributed by atoms with van der Waals surface area (Å²) >= 11 is 0. The zero-order chi connectivity index (χ0) is 14.9. The van der Waals surface area contributed by atoms with Gasteiger partial charge in [-0.2, -0.15) is 4.98 Å². The molecule has 0 amide bonds. The van der Waals surface area contributed by atoms with Gasteiger partial charge in [-0.15, -0.1) is 5.10 Å². The van der Waals surface area contributed by atoms with Gasteiger partial charge >= 0.3 is 0 Å². The van der Waals surface area contributed by atoms with Gasteiger partial charge in [0.05, 0.1) is 0 Å². The standard InChI is InChI=1S/C15H11N7/c16-15-20-13-8-11(10-3-1-4-17-9-10)7-12(22(13)21-15)14-18-5-2-6-19-14/h1-9H,(H2,16,21). The van der Waals surface area contributed by atoms with Crippen LogP contribution in [-0.2, 0) is 0 Å². The Balaban J connectivity index is 2.02. The van der Waals surface area contributed by atoms with Crippen molar-refractivity contribution in [3.63, 3.8) is 0 Å². The molecule has 0 radical (unpaired) electrons. The number of aromatic nitrogens is 6. The number of fused-ring (bicyclic) bond motifs is 1. The van der Waals surface area contributed by atoms with Gasteiger partial charge in [-0.05, 0) is 29.8 Å². The Morgan fingerprint density at radius 1 is 0.955 bits per heavy atom. The van der Waals surface area contributed by atoms with Gasteiger partial charge in [0.25, 0.3) is 0 Å². The number of hydrogen-bond donors (Lipinski definition) is 1. The number of rotatable bonds is 2. The minimum absolute atomic E-state index is 0.209. The highest BCUT2D eigenvalue weighted by Gasteiger charge is 2.12. The molecule has 0 aliphatic heterocycles. The molecule has 0 aromatic carbocycles. The Morgan fingerprint density at radius 2 is 1.82 bits per heavy atom. The molecule has 2 N–H and O–H groups in total. The van der Waals surface area contributed by atoms with Gasteiger partial charge in [0.2, 0.25) is 5.95 Å². The van der Waals surface area contributed by atoms with Crippen molar-refractivity contribution in [1.29, 1.82) is 0 Å². The summed E-state index contributed by atoms with van der Waals surface area (Å²) < 4.78 is 1.64. The molecule has 7 heteroatoms. The van der Waals surface area contributed by atoms with E-state index in [0.29, 0.717) is 11.5 Å². The number of nitrogen functional groups attached to an aromatic ring is 1. The van der Waals surface area contributed by atoms with Crippen LogP contribution in [0.25, 0.3) is 28.3 Å². The third-order valence-corrected chi connectivity index (χ3v) is 3.24. The summed E-state index contributed by atoms with van der Waals surface area (Å²) in [6.45, 7) is 0. The van der Waals surface area contributed by atoms with Crippen LogP contribution in [0.15, 0.2) is 55.1 Å². The maximum atomic E-state index is 5.73. The number of nitrogens with two attached hydrogens (primary N) is 1. The fraction of sp³-hybridized carbons (Fsp3) is 0. The van der Waals surface area contributed by atoms with Crippen LogP contribution in [0.3, 0.4) is 0 Å². The zero-order valence-electron chi connectivity index (χ0n) is 11.5. The maximum absolute atomic E-state index is 5.73. The molecule has 7 nitrogen and oxygen atoms in total. The molecule has 22 heavy (non-hydrogen) atoms. The SMILES string of the molecule is Nc1nc2cc(-c3cccnc3)cc(-c3ncccn3)n2n1. The highest BCUT2D eigenvalue weighted by Crippen LogP contribution is 2.25. The van der Waals surface area contributed by atoms with Crippen LogP contribution in [-0.4, -0.2) is 29.5 Å². The summed E-state index contributed by atoms with van der Waals surface area (Å²) in [5.74, 6) is 0.767. The Morgan fingerprint density at radius 3 is 2.59 bits per heavy atom. The van der Waals surface area contributed by atoms with E-state index in [1.54, 1.807) is 35.4 Å². The molecule has 4 heterocycles. The van der Waals surface area contributed by atoms with E-state index in [1.807, 2.05) is 24.3 Å². The van der Waals surface area contributed by atoms with E-state index in [1.165, 1.54) is 0 Å². The van der Waals surface area contributed by atoms with Crippen LogP contribution in [0.4, 0.5) is 5.95 Å². The largest absolute Gasteiger partial charge is 0.366 e. The second-order valence-electron chi connectivity index (χ2n) is 4.68. The predicted octanol–water partition coefficient (Wildman–Crippen LogP) is 1.83. The summed E-state index contributed by atoms with van der Waals surface area (Å²) in [7, 11) is 0. The summed E-state index contributed by atoms with van der Waals surface area (Å²) in [6.07, 6.45) is 6.90. The van der Waals surface area contributed by atoms with Crippen molar-refractivity contribution in [2.75, 3.05) is 5.73 Å². The molecule has 106 valence electrons. The number of nitrogens with zero attached hydrogens (tertiary/aromatic N) is 6. The third-order valence-electron chi connectivity index (χ3n) is 3.24. The molecule has 0 aliphatic rings. The average molecular weight is 289 g/mol. The normalized spacial score (nSPS) is 10.9. The van der Waals surface area contributed by atoms with Crippen molar-refractivity contribution in [3.8, 4) is 22.6 Å². The van der Waals surface area contributed by atoms with E-state index in [0.717, 1.165) is 16.8 Å². The van der Waals surface area contributed by atoms with Crippen molar-refractivity contribution < 1.29 is 0 Å². The first kappa shape index (κ1) is 12.4. The molecule has 0 spiro atoms. The first-order valence-electron chi connectivity index (χ1n) is 6.65. The van der Waals surface area contributed by atoms with Gasteiger partial charge in [-0.25, -0.2) is 14.5 Å². The van der Waals surface area contributed by atoms with Crippen LogP contribution in [0.5, 0.6) is 0 Å². The molecule has 0 atom stereocenters. The molecule has 0 unspecified atom stereocenters. The maximum Gasteiger partial charge on any atom is 0.240 e. The van der Waals surface area contributed by atoms with Crippen LogP contribution in [0.2, 0.25) is 0 Å². The quantitative estimate of drug-likeness (QED) is 0.605. The van der Waals surface area contributed by atoms with Gasteiger partial charge in [0.1, 0.15) is 5.69 Å². The lowest BCUT2D eigenvalue weighted by atomic mass is 10.1. The highest BCUT2D eigenvalue weighted by atomic mass is 15.3. The topological polar surface area (TPSA) is 94.9 Å². The summed E-state index contributed by atoms with van der Waals surface area (Å²) in [6, 6.07) is 9.49. The molecule has 4 aromatic rings. The minimum atomic E-state index is 0.209. The van der Waals surface area contributed by atoms with Gasteiger partial charge in [-0.1, -0.05) is 6.07 Å². The van der Waals surface area contributed by atoms with E-state index in [9.17, 15) is 0 Å². The molecule has 0 bridgehead atoms. The van der Waals surface area contributed by atoms with E-state index in [2.05, 4.69) is 25.0 Å². The second-order valence-corrected chi connectivity index (χ2v) is 4.68. The second kappa shape index (κ2) is 4.88. The fourth-order valence-electron chi connectivity index (χ4n) is 2.29. The van der Waals surface area contributed by atoms with Crippen LogP contribution < -0.4 is 5.73 Å². The summed E-state index contributed by atoms with van der Waals surface area (Å²) in [5, 5.41) is 4.21. The summed E-state index contributed by atoms with van der Waals surface area (Å²) in [5.41, 5.74) is 9.02. The van der Waals surface area contributed by atoms with E-state index in [-0.39, 0.29) is 5.95 Å². The first-order chi connectivity index (χ1) is 10.8. The Hall–Kier alpha value is -3.35. The molecule has 0 aliphatic carbocycles. The lowest BCUT2D eigenvalue weighted by molar-refractivity contribution is 0.957. The molecule has 0 fully saturated rings. The highest BCUT2D eigenvalue weighted by molar-refractivity contribution is 5.72. The van der Waals surface area contributed by atoms with E-state index < -0.39 is 0 Å². The van der Waals surface area contributed by atoms with E-state index >= 15 is 0 Å². The van der Waals surface area contributed by atoms with E-state index in [4.69, 9.17) is 5.73 Å². The number of hydrogen-bond acceptors (Lipinski definition) is 6. The Bertz CT molecular complexity index is 932. The monoisotopic (exact) mass is 289 g/mol. The van der Waals surface area contributed by atoms with Crippen LogP contribution in [0, 0.1) is 0 Å². The lowest BCUT2D eigenvalue weighted by Gasteiger charge is -2.06. The Kier molecular flexibility index (Phi) is 2.75. The third kappa shape index (κ3) is 2.05. The molecular weight excluding hydrogens is 278 g/mol. The van der Waals surface area contributed by atoms with Gasteiger partial charge in [-0.3, -0.25) is 4.98 Å². The molecule has 0 saturated heterocycles. The van der Waals surface area contributed by atoms with Gasteiger partial charge in [0, 0.05) is 30.4 Å². The first-order valence-corrected chi connectivity index (χ1v) is 6.65. The van der Waals surface area contributed by atoms with Crippen molar-refractivity contribution in [3.05, 3.63) is 55.1 Å². The zero-order valence-corrected chi connectivity index (χ0v) is 11.5. The lowest BCUT2D eigenvalue weighted by Crippen LogP contribution is -1.99. The van der Waals surface area contributed by atoms with Crippen molar-refractivity contribution >= 4 is 11.6 Å². The summed E-state index contributed by atoms with van der Waals surface area (Å²) in [4.78, 5) is 17.0. The number of pyridine rings is 2. The fourth-order valence-corrected chi connectivity index (χ4v) is 2.29. The van der Waals surface area contributed by atoms with Crippen LogP contribution >= 0.6 is 0 Å². The molecular formula is C15H11N7. The van der Waals surface area contributed by atoms with Gasteiger partial charge < -0.3 is 5.73 Å². The average Bonchev–Trinajstić information content (AvgIpc) is 2.95. The molecule has 4 rings (SSSR count). The van der Waals surface area contributed by atoms with Gasteiger partial charge in [0.15, 0.2) is 11.5 Å². The predicted molar refractivity (Wildman–Crippen MR) is 81.7 cm³/mol. The smallest absolute Gasteiger partial charge is 0.240 e. The van der Waals surface area contributed by atoms with Crippen molar-refractivity contribution in [2.24, 2.45) is 0 Å². The van der Waals surface area contributed by atoms with Crippen molar-refractivity contribution in [2.45, 2.75) is 0 Å². The molecule has 0 saturated carbocycles. The number of anilines is 1. The van der Waals surface area contributed by atoms with Crippen LogP contribution in [0.1, 0.15) is 0 Å². The van der Waals surface area contributed by atoms with Crippen molar-refractivity contribution in [1.82, 2.24) is 29.5 Å². The Labute approximate surface area is 125 Å².